The first-order chi connectivity index (χ1) is 34.6. The number of carboxylic acids is 1. The van der Waals surface area contributed by atoms with Crippen LogP contribution in [0, 0.1) is 6.92 Å². The Hall–Kier alpha value is -7.62. The summed E-state index contributed by atoms with van der Waals surface area (Å²) in [4.78, 5) is 53.9. The lowest BCUT2D eigenvalue weighted by molar-refractivity contribution is -0.134. The van der Waals surface area contributed by atoms with Crippen molar-refractivity contribution in [2.75, 3.05) is 54.4 Å². The Kier molecular flexibility index (Phi) is 12.7. The maximum Gasteiger partial charge on any atom is 0.355 e. The highest BCUT2D eigenvalue weighted by Gasteiger charge is 2.32. The first kappa shape index (κ1) is 45.8. The monoisotopic (exact) mass is 965 g/mol. The molecule has 2 amide bonds. The van der Waals surface area contributed by atoms with E-state index in [1.165, 1.54) is 22.3 Å². The molecule has 3 aromatic heterocycles. The second-order valence-electron chi connectivity index (χ2n) is 18.8. The summed E-state index contributed by atoms with van der Waals surface area (Å²) >= 11 is 1.65. The van der Waals surface area contributed by atoms with E-state index in [4.69, 9.17) is 19.8 Å². The Balaban J connectivity index is 0.687. The van der Waals surface area contributed by atoms with Gasteiger partial charge in [-0.3, -0.25) is 24.5 Å². The topological polar surface area (TPSA) is 158 Å². The van der Waals surface area contributed by atoms with Crippen LogP contribution in [0.5, 0.6) is 11.5 Å². The van der Waals surface area contributed by atoms with Crippen molar-refractivity contribution in [1.29, 1.82) is 0 Å². The number of pyridine rings is 1. The molecule has 8 aromatic rings. The van der Waals surface area contributed by atoms with Crippen molar-refractivity contribution in [3.05, 3.63) is 154 Å². The van der Waals surface area contributed by atoms with Gasteiger partial charge in [-0.05, 0) is 133 Å². The summed E-state index contributed by atoms with van der Waals surface area (Å²) in [5.41, 5.74) is 11.0. The minimum Gasteiger partial charge on any atom is -0.476 e. The van der Waals surface area contributed by atoms with Crippen LogP contribution < -0.4 is 25.2 Å². The smallest absolute Gasteiger partial charge is 0.355 e. The number of aromatic carboxylic acids is 1. The first-order valence-corrected chi connectivity index (χ1v) is 25.3. The van der Waals surface area contributed by atoms with Crippen molar-refractivity contribution >= 4 is 66.9 Å². The molecule has 15 heteroatoms. The number of anilines is 3. The van der Waals surface area contributed by atoms with Crippen molar-refractivity contribution in [3.63, 3.8) is 0 Å². The zero-order valence-electron chi connectivity index (χ0n) is 39.9. The van der Waals surface area contributed by atoms with Gasteiger partial charge in [0.2, 0.25) is 11.8 Å². The summed E-state index contributed by atoms with van der Waals surface area (Å²) in [7, 11) is 1.91. The number of carbonyl (C=O) groups is 3. The van der Waals surface area contributed by atoms with Gasteiger partial charge < -0.3 is 25.0 Å². The number of aryl methyl sites for hydroxylation is 2. The number of nitrogens with one attached hydrogen (secondary N) is 2. The molecule has 5 aromatic carbocycles. The molecule has 0 saturated carbocycles. The summed E-state index contributed by atoms with van der Waals surface area (Å²) in [6, 6.07) is 38.8. The van der Waals surface area contributed by atoms with Gasteiger partial charge in [-0.15, -0.1) is 0 Å². The lowest BCUT2D eigenvalue weighted by Gasteiger charge is -2.36. The normalized spacial score (nSPS) is 16.3. The van der Waals surface area contributed by atoms with E-state index < -0.39 is 11.9 Å². The summed E-state index contributed by atoms with van der Waals surface area (Å²) in [6.45, 7) is 8.78. The quantitative estimate of drug-likeness (QED) is 0.0889. The number of amides is 2. The molecule has 14 nitrogen and oxygen atoms in total. The lowest BCUT2D eigenvalue weighted by atomic mass is 9.93. The van der Waals surface area contributed by atoms with Crippen LogP contribution in [0.15, 0.2) is 115 Å². The SMILES string of the molecule is Cc1c(Oc2ccc(CCCN3CCN(c4ccc5c(C6CCC(=O)NC6=O)nn(C)c5c4)CC3)cc2)cccc1-c1ccc(N2CCc3cccc(CNc4nc5ccccc5s4)c3C2)nc1C(=O)O. The number of nitrogens with zero attached hydrogens (tertiary/aromatic N) is 7. The van der Waals surface area contributed by atoms with Crippen molar-refractivity contribution in [1.82, 2.24) is 30.0 Å². The van der Waals surface area contributed by atoms with Gasteiger partial charge in [-0.25, -0.2) is 14.8 Å². The highest BCUT2D eigenvalue weighted by molar-refractivity contribution is 7.22. The standard InChI is InChI=1S/C56H55N9O5S/c1-35-41(42-21-23-50(59-53(42)55(68)69)65-27-25-37-9-5-10-38(45(37)34-65)33-57-56-58-46-12-3-4-14-49(46)71-56)11-6-13-48(35)70-40-18-15-36(16-19-40)8-7-26-63-28-30-64(31-29-63)39-17-20-43-47(32-39)62(2)61-52(43)44-22-24-51(66)60-54(44)67/h3-6,9-21,23,32,44H,7-8,22,24-31,33-34H2,1-2H3,(H,57,58)(H,68,69)(H,60,66,67). The maximum absolute atomic E-state index is 12.9. The van der Waals surface area contributed by atoms with Gasteiger partial charge in [0.1, 0.15) is 17.3 Å². The van der Waals surface area contributed by atoms with E-state index in [9.17, 15) is 19.5 Å². The highest BCUT2D eigenvalue weighted by Crippen LogP contribution is 2.37. The number of carbonyl (C=O) groups excluding carboxylic acids is 2. The van der Waals surface area contributed by atoms with E-state index in [1.807, 2.05) is 79.3 Å². The molecule has 71 heavy (non-hydrogen) atoms. The predicted molar refractivity (Wildman–Crippen MR) is 279 cm³/mol. The summed E-state index contributed by atoms with van der Waals surface area (Å²) in [6.07, 6.45) is 3.64. The minimum atomic E-state index is -1.08. The van der Waals surface area contributed by atoms with Gasteiger partial charge >= 0.3 is 5.97 Å². The molecular weight excluding hydrogens is 911 g/mol. The predicted octanol–water partition coefficient (Wildman–Crippen LogP) is 9.49. The average Bonchev–Trinajstić information content (AvgIpc) is 3.96. The number of hydrogen-bond donors (Lipinski definition) is 3. The Morgan fingerprint density at radius 3 is 2.51 bits per heavy atom. The minimum absolute atomic E-state index is 0.0108. The second kappa shape index (κ2) is 19.6. The van der Waals surface area contributed by atoms with Crippen LogP contribution in [0.2, 0.25) is 0 Å². The molecule has 3 N–H and O–H groups in total. The molecule has 1 atom stereocenters. The van der Waals surface area contributed by atoms with Crippen LogP contribution in [-0.4, -0.2) is 86.8 Å². The van der Waals surface area contributed by atoms with Crippen LogP contribution >= 0.6 is 11.3 Å². The molecule has 3 aliphatic heterocycles. The van der Waals surface area contributed by atoms with Crippen molar-refractivity contribution in [2.45, 2.75) is 58.0 Å². The van der Waals surface area contributed by atoms with Crippen LogP contribution in [0.3, 0.4) is 0 Å². The highest BCUT2D eigenvalue weighted by atomic mass is 32.1. The number of carboxylic acid groups (broad SMARTS) is 1. The van der Waals surface area contributed by atoms with Gasteiger partial charge in [-0.1, -0.05) is 65.9 Å². The summed E-state index contributed by atoms with van der Waals surface area (Å²) < 4.78 is 9.43. The third-order valence-electron chi connectivity index (χ3n) is 14.3. The number of fused-ring (bicyclic) bond motifs is 3. The first-order valence-electron chi connectivity index (χ1n) is 24.4. The molecule has 11 rings (SSSR count). The Morgan fingerprint density at radius 1 is 0.859 bits per heavy atom. The fourth-order valence-corrected chi connectivity index (χ4v) is 11.3. The Morgan fingerprint density at radius 2 is 1.69 bits per heavy atom. The molecule has 2 saturated heterocycles. The third-order valence-corrected chi connectivity index (χ3v) is 15.3. The van der Waals surface area contributed by atoms with Gasteiger partial charge in [0.25, 0.3) is 0 Å². The number of para-hydroxylation sites is 1. The molecule has 360 valence electrons. The van der Waals surface area contributed by atoms with Crippen molar-refractivity contribution in [2.24, 2.45) is 7.05 Å². The number of piperazine rings is 1. The van der Waals surface area contributed by atoms with Crippen molar-refractivity contribution < 1.29 is 24.2 Å². The van der Waals surface area contributed by atoms with Crippen LogP contribution in [0.25, 0.3) is 32.2 Å². The van der Waals surface area contributed by atoms with Gasteiger partial charge in [0.15, 0.2) is 10.8 Å². The number of thiazole rings is 1. The zero-order valence-corrected chi connectivity index (χ0v) is 40.7. The Bertz CT molecular complexity index is 3290. The number of aromatic nitrogens is 4. The molecular formula is C56H55N9O5S. The Labute approximate surface area is 415 Å². The van der Waals surface area contributed by atoms with E-state index in [0.29, 0.717) is 48.8 Å². The lowest BCUT2D eigenvalue weighted by Crippen LogP contribution is -2.46. The van der Waals surface area contributed by atoms with Gasteiger partial charge in [-0.2, -0.15) is 5.10 Å². The number of hydrogen-bond acceptors (Lipinski definition) is 12. The zero-order chi connectivity index (χ0) is 48.6. The van der Waals surface area contributed by atoms with Gasteiger partial charge in [0.05, 0.1) is 27.3 Å². The fourth-order valence-electron chi connectivity index (χ4n) is 10.4. The van der Waals surface area contributed by atoms with Crippen LogP contribution in [0.1, 0.15) is 69.2 Å². The van der Waals surface area contributed by atoms with E-state index in [1.54, 1.807) is 11.3 Å². The molecule has 0 radical (unpaired) electrons. The maximum atomic E-state index is 12.9. The largest absolute Gasteiger partial charge is 0.476 e. The average molecular weight is 966 g/mol. The third kappa shape index (κ3) is 9.54. The molecule has 0 bridgehead atoms. The summed E-state index contributed by atoms with van der Waals surface area (Å²) in [5, 5.41) is 23.1. The number of imide groups is 1. The number of benzene rings is 5. The summed E-state index contributed by atoms with van der Waals surface area (Å²) in [5.74, 6) is 0.0367. The fraction of sp³-hybridized carbons (Fsp3) is 0.286. The second-order valence-corrected chi connectivity index (χ2v) is 19.8. The molecule has 0 spiro atoms. The molecule has 0 aliphatic carbocycles. The van der Waals surface area contributed by atoms with Gasteiger partial charge in [0, 0.05) is 75.9 Å². The molecule has 2 fully saturated rings. The van der Waals surface area contributed by atoms with Crippen LogP contribution in [0.4, 0.5) is 16.6 Å². The molecule has 1 unspecified atom stereocenters. The number of piperidine rings is 1. The van der Waals surface area contributed by atoms with Crippen molar-refractivity contribution in [3.8, 4) is 22.6 Å². The number of ether oxygens (including phenoxy) is 1. The number of rotatable bonds is 14. The van der Waals surface area contributed by atoms with E-state index in [-0.39, 0.29) is 17.5 Å². The van der Waals surface area contributed by atoms with E-state index >= 15 is 0 Å². The molecule has 3 aliphatic rings. The van der Waals surface area contributed by atoms with E-state index in [2.05, 4.69) is 79.9 Å². The van der Waals surface area contributed by atoms with E-state index in [0.717, 1.165) is 107 Å². The van der Waals surface area contributed by atoms with Crippen LogP contribution in [-0.2, 0) is 42.6 Å². The molecule has 6 heterocycles.